The third-order valence-corrected chi connectivity index (χ3v) is 9.47. The molecular formula is C30H35F2NO4. The van der Waals surface area contributed by atoms with Crippen LogP contribution in [0.2, 0.25) is 0 Å². The summed E-state index contributed by atoms with van der Waals surface area (Å²) < 4.78 is 47.0. The van der Waals surface area contributed by atoms with Crippen molar-refractivity contribution >= 4 is 5.78 Å². The van der Waals surface area contributed by atoms with E-state index in [2.05, 4.69) is 37.9 Å². The van der Waals surface area contributed by atoms with Crippen molar-refractivity contribution in [1.29, 1.82) is 0 Å². The maximum atomic E-state index is 14.6. The molecule has 7 heteroatoms. The Balaban J connectivity index is 1.55. The summed E-state index contributed by atoms with van der Waals surface area (Å²) in [6.45, 7) is 13.5. The molecule has 1 spiro atoms. The minimum Gasteiger partial charge on any atom is -0.439 e. The van der Waals surface area contributed by atoms with Crippen LogP contribution in [0.25, 0.3) is 0 Å². The maximum absolute atomic E-state index is 14.6. The van der Waals surface area contributed by atoms with Gasteiger partial charge in [0.25, 0.3) is 5.92 Å². The molecule has 1 aromatic rings. The number of hydrogen-bond acceptors (Lipinski definition) is 5. The van der Waals surface area contributed by atoms with E-state index in [0.717, 1.165) is 30.1 Å². The minimum absolute atomic E-state index is 0.0203. The van der Waals surface area contributed by atoms with E-state index >= 15 is 0 Å². The van der Waals surface area contributed by atoms with Crippen LogP contribution in [0.3, 0.4) is 0 Å². The van der Waals surface area contributed by atoms with E-state index in [0.29, 0.717) is 18.3 Å². The molecule has 1 saturated heterocycles. The number of halogens is 2. The Morgan fingerprint density at radius 3 is 2.62 bits per heavy atom. The lowest BCUT2D eigenvalue weighted by molar-refractivity contribution is -0.246. The van der Waals surface area contributed by atoms with Crippen molar-refractivity contribution < 1.29 is 27.8 Å². The fourth-order valence-electron chi connectivity index (χ4n) is 7.50. The van der Waals surface area contributed by atoms with Gasteiger partial charge in [-0.15, -0.1) is 0 Å². The molecule has 6 atom stereocenters. The van der Waals surface area contributed by atoms with Gasteiger partial charge in [0.15, 0.2) is 11.6 Å². The predicted octanol–water partition coefficient (Wildman–Crippen LogP) is 6.36. The number of fused-ring (bicyclic) bond motifs is 5. The monoisotopic (exact) mass is 511 g/mol. The van der Waals surface area contributed by atoms with Gasteiger partial charge < -0.3 is 14.2 Å². The Hall–Kier alpha value is -2.38. The number of rotatable bonds is 3. The fraction of sp³-hybridized carbons (Fsp3) is 0.600. The van der Waals surface area contributed by atoms with Crippen LogP contribution in [0.4, 0.5) is 8.78 Å². The number of nitrogens with zero attached hydrogens (tertiary/aromatic N) is 1. The van der Waals surface area contributed by atoms with Crippen molar-refractivity contribution in [1.82, 2.24) is 4.98 Å². The molecule has 0 N–H and O–H groups in total. The van der Waals surface area contributed by atoms with E-state index in [4.69, 9.17) is 14.2 Å². The number of alkyl halides is 2. The Labute approximate surface area is 217 Å². The number of carbonyl (C=O) groups is 1. The summed E-state index contributed by atoms with van der Waals surface area (Å²) in [5.41, 5.74) is 1.33. The number of aromatic nitrogens is 1. The first kappa shape index (κ1) is 24.9. The molecule has 198 valence electrons. The van der Waals surface area contributed by atoms with Crippen molar-refractivity contribution in [3.05, 3.63) is 58.5 Å². The first-order valence-electron chi connectivity index (χ1n) is 13.2. The molecule has 6 rings (SSSR count). The van der Waals surface area contributed by atoms with Crippen LogP contribution in [-0.2, 0) is 20.2 Å². The van der Waals surface area contributed by atoms with E-state index in [1.807, 2.05) is 20.8 Å². The molecule has 4 aliphatic carbocycles. The Bertz CT molecular complexity index is 1290. The number of ether oxygens (including phenoxy) is 3. The van der Waals surface area contributed by atoms with Gasteiger partial charge in [-0.2, -0.15) is 8.78 Å². The second-order valence-corrected chi connectivity index (χ2v) is 12.7. The molecule has 3 fully saturated rings. The van der Waals surface area contributed by atoms with Crippen molar-refractivity contribution in [3.8, 4) is 5.88 Å². The highest BCUT2D eigenvalue weighted by atomic mass is 19.3. The molecule has 2 heterocycles. The maximum Gasteiger partial charge on any atom is 0.287 e. The summed E-state index contributed by atoms with van der Waals surface area (Å²) in [7, 11) is 0. The zero-order valence-electron chi connectivity index (χ0n) is 22.5. The van der Waals surface area contributed by atoms with Crippen molar-refractivity contribution in [2.45, 2.75) is 72.7 Å². The van der Waals surface area contributed by atoms with Gasteiger partial charge in [-0.25, -0.2) is 4.98 Å². The Morgan fingerprint density at radius 1 is 1.19 bits per heavy atom. The van der Waals surface area contributed by atoms with E-state index in [-0.39, 0.29) is 40.5 Å². The zero-order valence-corrected chi connectivity index (χ0v) is 22.5. The molecule has 2 saturated carbocycles. The number of Topliss-reactive ketones (excluding diaryl/α,β-unsaturated/α-hetero) is 1. The van der Waals surface area contributed by atoms with Crippen LogP contribution in [0.15, 0.2) is 52.8 Å². The first-order chi connectivity index (χ1) is 17.2. The summed E-state index contributed by atoms with van der Waals surface area (Å²) >= 11 is 0. The number of hydrogen-bond donors (Lipinski definition) is 0. The molecule has 1 aromatic heterocycles. The molecule has 0 aromatic carbocycles. The van der Waals surface area contributed by atoms with Crippen LogP contribution in [-0.4, -0.2) is 29.3 Å². The van der Waals surface area contributed by atoms with Crippen LogP contribution >= 0.6 is 0 Å². The highest BCUT2D eigenvalue weighted by molar-refractivity contribution is 5.97. The molecule has 2 unspecified atom stereocenters. The molecule has 1 aliphatic heterocycles. The van der Waals surface area contributed by atoms with Gasteiger partial charge in [0.1, 0.15) is 17.6 Å². The van der Waals surface area contributed by atoms with E-state index in [9.17, 15) is 13.6 Å². The normalized spacial score (nSPS) is 37.4. The van der Waals surface area contributed by atoms with Crippen molar-refractivity contribution in [3.63, 3.8) is 0 Å². The third-order valence-electron chi connectivity index (χ3n) is 9.47. The number of pyridine rings is 1. The molecular weight excluding hydrogens is 476 g/mol. The SMILES string of the molecule is CC1=C[C@]23C(=O)[C@@H](C=C4COC(C)(C)O[C@H]4C2=C1Oc1cccc(C(C)(F)F)n1)C1C(C[C@H]3C)C1(C)C. The summed E-state index contributed by atoms with van der Waals surface area (Å²) in [5, 5.41) is 0. The molecule has 5 aliphatic rings. The van der Waals surface area contributed by atoms with Gasteiger partial charge in [-0.3, -0.25) is 4.79 Å². The van der Waals surface area contributed by atoms with Crippen molar-refractivity contribution in [2.75, 3.05) is 6.61 Å². The standard InChI is InChI=1S/C30H35F2NO4/c1-15-13-30-16(2)11-19-22(27(19,3)4)18(26(30)34)12-17-14-35-28(5,6)37-25(17)23(30)24(15)36-21-10-8-9-20(33-21)29(7,31)32/h8-10,12-13,16,18-19,22,25H,11,14H2,1-7H3/t16-,18+,19?,22?,25-,30-/m1/s1. The third kappa shape index (κ3) is 3.53. The molecule has 2 bridgehead atoms. The quantitative estimate of drug-likeness (QED) is 0.442. The van der Waals surface area contributed by atoms with Crippen LogP contribution < -0.4 is 4.74 Å². The number of carbonyl (C=O) groups excluding carboxylic acids is 1. The van der Waals surface area contributed by atoms with Crippen LogP contribution in [0.5, 0.6) is 5.88 Å². The van der Waals surface area contributed by atoms with Gasteiger partial charge in [-0.1, -0.05) is 39.0 Å². The summed E-state index contributed by atoms with van der Waals surface area (Å²) in [6.07, 6.45) is 4.57. The van der Waals surface area contributed by atoms with Gasteiger partial charge in [0, 0.05) is 24.5 Å². The Kier molecular flexibility index (Phi) is 5.12. The average molecular weight is 512 g/mol. The predicted molar refractivity (Wildman–Crippen MR) is 134 cm³/mol. The van der Waals surface area contributed by atoms with Gasteiger partial charge >= 0.3 is 0 Å². The van der Waals surface area contributed by atoms with Crippen LogP contribution in [0, 0.1) is 34.5 Å². The lowest BCUT2D eigenvalue weighted by Crippen LogP contribution is -2.47. The molecule has 37 heavy (non-hydrogen) atoms. The second kappa shape index (κ2) is 7.60. The second-order valence-electron chi connectivity index (χ2n) is 12.7. The van der Waals surface area contributed by atoms with Gasteiger partial charge in [0.2, 0.25) is 5.88 Å². The van der Waals surface area contributed by atoms with Gasteiger partial charge in [-0.05, 0) is 67.6 Å². The summed E-state index contributed by atoms with van der Waals surface area (Å²) in [4.78, 5) is 18.7. The highest BCUT2D eigenvalue weighted by Crippen LogP contribution is 2.71. The van der Waals surface area contributed by atoms with Gasteiger partial charge in [0.05, 0.1) is 12.0 Å². The number of ketones is 1. The van der Waals surface area contributed by atoms with Crippen LogP contribution in [0.1, 0.15) is 60.6 Å². The smallest absolute Gasteiger partial charge is 0.287 e. The zero-order chi connectivity index (χ0) is 26.7. The van der Waals surface area contributed by atoms with E-state index < -0.39 is 23.2 Å². The lowest BCUT2D eigenvalue weighted by atomic mass is 9.64. The van der Waals surface area contributed by atoms with E-state index in [1.54, 1.807) is 6.07 Å². The first-order valence-corrected chi connectivity index (χ1v) is 13.2. The number of allylic oxidation sites excluding steroid dienone is 3. The topological polar surface area (TPSA) is 57.7 Å². The summed E-state index contributed by atoms with van der Waals surface area (Å²) in [6, 6.07) is 4.37. The molecule has 0 amide bonds. The largest absolute Gasteiger partial charge is 0.439 e. The summed E-state index contributed by atoms with van der Waals surface area (Å²) in [5.74, 6) is -2.71. The minimum atomic E-state index is -3.10. The fourth-order valence-corrected chi connectivity index (χ4v) is 7.50. The van der Waals surface area contributed by atoms with Crippen molar-refractivity contribution in [2.24, 2.45) is 34.5 Å². The highest BCUT2D eigenvalue weighted by Gasteiger charge is 2.70. The molecule has 5 nitrogen and oxygen atoms in total. The molecule has 0 radical (unpaired) electrons. The van der Waals surface area contributed by atoms with E-state index in [1.165, 1.54) is 12.1 Å². The Morgan fingerprint density at radius 2 is 1.92 bits per heavy atom. The average Bonchev–Trinajstić information content (AvgIpc) is 3.25. The lowest BCUT2D eigenvalue weighted by Gasteiger charge is -2.43.